The standard InChI is InChI=1S/C17H21N7/c1-12-3-4-16-20-21-17(24(16)22-12)14-6-9-23(10-7-14)11-15-5-8-18-13(2)19-15/h3-5,8,14H,6-7,9-11H2,1-2H3. The molecule has 0 amide bonds. The van der Waals surface area contributed by atoms with Crippen LogP contribution in [0.1, 0.15) is 41.8 Å². The Labute approximate surface area is 140 Å². The van der Waals surface area contributed by atoms with Crippen molar-refractivity contribution >= 4 is 5.65 Å². The lowest BCUT2D eigenvalue weighted by Crippen LogP contribution is -2.33. The molecule has 7 heteroatoms. The molecule has 0 unspecified atom stereocenters. The van der Waals surface area contributed by atoms with E-state index in [0.717, 1.165) is 61.2 Å². The van der Waals surface area contributed by atoms with E-state index in [-0.39, 0.29) is 0 Å². The summed E-state index contributed by atoms with van der Waals surface area (Å²) >= 11 is 0. The average Bonchev–Trinajstić information content (AvgIpc) is 2.99. The maximum atomic E-state index is 4.57. The zero-order valence-electron chi connectivity index (χ0n) is 14.1. The Kier molecular flexibility index (Phi) is 3.93. The first-order valence-electron chi connectivity index (χ1n) is 8.39. The molecule has 0 radical (unpaired) electrons. The van der Waals surface area contributed by atoms with Crippen LogP contribution >= 0.6 is 0 Å². The molecule has 3 aromatic rings. The van der Waals surface area contributed by atoms with Crippen molar-refractivity contribution in [2.24, 2.45) is 0 Å². The molecule has 0 N–H and O–H groups in total. The quantitative estimate of drug-likeness (QED) is 0.733. The summed E-state index contributed by atoms with van der Waals surface area (Å²) in [6.45, 7) is 6.88. The number of hydrogen-bond acceptors (Lipinski definition) is 6. The number of piperidine rings is 1. The maximum Gasteiger partial charge on any atom is 0.177 e. The summed E-state index contributed by atoms with van der Waals surface area (Å²) in [5.74, 6) is 2.24. The second kappa shape index (κ2) is 6.24. The van der Waals surface area contributed by atoms with Gasteiger partial charge in [-0.3, -0.25) is 4.90 Å². The molecule has 124 valence electrons. The Bertz CT molecular complexity index is 849. The molecular weight excluding hydrogens is 302 g/mol. The van der Waals surface area contributed by atoms with E-state index in [0.29, 0.717) is 5.92 Å². The molecular formula is C17H21N7. The van der Waals surface area contributed by atoms with E-state index in [1.807, 2.05) is 42.8 Å². The van der Waals surface area contributed by atoms with Gasteiger partial charge in [-0.15, -0.1) is 10.2 Å². The van der Waals surface area contributed by atoms with E-state index in [1.165, 1.54) is 0 Å². The fourth-order valence-electron chi connectivity index (χ4n) is 3.32. The van der Waals surface area contributed by atoms with Crippen molar-refractivity contribution in [1.29, 1.82) is 0 Å². The zero-order chi connectivity index (χ0) is 16.5. The minimum Gasteiger partial charge on any atom is -0.297 e. The van der Waals surface area contributed by atoms with Gasteiger partial charge in [0.1, 0.15) is 5.82 Å². The molecule has 1 fully saturated rings. The molecule has 0 aliphatic carbocycles. The van der Waals surface area contributed by atoms with Gasteiger partial charge in [0.2, 0.25) is 0 Å². The molecule has 3 aromatic heterocycles. The van der Waals surface area contributed by atoms with Crippen molar-refractivity contribution in [2.45, 2.75) is 39.2 Å². The van der Waals surface area contributed by atoms with E-state index in [9.17, 15) is 0 Å². The van der Waals surface area contributed by atoms with Gasteiger partial charge in [-0.25, -0.2) is 9.97 Å². The maximum absolute atomic E-state index is 4.57. The fourth-order valence-corrected chi connectivity index (χ4v) is 3.32. The molecule has 0 bridgehead atoms. The number of fused-ring (bicyclic) bond motifs is 1. The van der Waals surface area contributed by atoms with Crippen LogP contribution in [0.25, 0.3) is 5.65 Å². The van der Waals surface area contributed by atoms with E-state index in [2.05, 4.69) is 30.2 Å². The van der Waals surface area contributed by atoms with Crippen molar-refractivity contribution in [2.75, 3.05) is 13.1 Å². The van der Waals surface area contributed by atoms with E-state index in [1.54, 1.807) is 0 Å². The molecule has 7 nitrogen and oxygen atoms in total. The summed E-state index contributed by atoms with van der Waals surface area (Å²) in [5, 5.41) is 13.2. The van der Waals surface area contributed by atoms with Crippen molar-refractivity contribution in [3.8, 4) is 0 Å². The smallest absolute Gasteiger partial charge is 0.177 e. The molecule has 4 heterocycles. The molecule has 0 atom stereocenters. The minimum absolute atomic E-state index is 0.415. The van der Waals surface area contributed by atoms with Gasteiger partial charge >= 0.3 is 0 Å². The molecule has 4 rings (SSSR count). The van der Waals surface area contributed by atoms with Crippen LogP contribution in [0.5, 0.6) is 0 Å². The molecule has 0 saturated carbocycles. The normalized spacial score (nSPS) is 16.8. The highest BCUT2D eigenvalue weighted by Gasteiger charge is 2.25. The van der Waals surface area contributed by atoms with E-state index in [4.69, 9.17) is 0 Å². The van der Waals surface area contributed by atoms with Gasteiger partial charge in [0.15, 0.2) is 11.5 Å². The van der Waals surface area contributed by atoms with Crippen molar-refractivity contribution < 1.29 is 0 Å². The third kappa shape index (κ3) is 2.99. The first kappa shape index (κ1) is 15.1. The zero-order valence-corrected chi connectivity index (χ0v) is 14.1. The second-order valence-corrected chi connectivity index (χ2v) is 6.45. The highest BCUT2D eigenvalue weighted by molar-refractivity contribution is 5.36. The van der Waals surface area contributed by atoms with Crippen molar-refractivity contribution in [3.05, 3.63) is 47.4 Å². The highest BCUT2D eigenvalue weighted by atomic mass is 15.4. The van der Waals surface area contributed by atoms with Crippen LogP contribution in [-0.4, -0.2) is 47.8 Å². The van der Waals surface area contributed by atoms with Gasteiger partial charge in [-0.2, -0.15) is 9.61 Å². The van der Waals surface area contributed by atoms with Gasteiger partial charge in [0.25, 0.3) is 0 Å². The van der Waals surface area contributed by atoms with Crippen molar-refractivity contribution in [1.82, 2.24) is 34.7 Å². The van der Waals surface area contributed by atoms with Crippen LogP contribution in [-0.2, 0) is 6.54 Å². The molecule has 0 aromatic carbocycles. The Morgan fingerprint density at radius 1 is 1.08 bits per heavy atom. The largest absolute Gasteiger partial charge is 0.297 e. The SMILES string of the molecule is Cc1ccc2nnc(C3CCN(Cc4ccnc(C)n4)CC3)n2n1. The number of rotatable bonds is 3. The predicted molar refractivity (Wildman–Crippen MR) is 89.5 cm³/mol. The number of hydrogen-bond donors (Lipinski definition) is 0. The topological polar surface area (TPSA) is 72.1 Å². The third-order valence-electron chi connectivity index (χ3n) is 4.59. The first-order chi connectivity index (χ1) is 11.7. The van der Waals surface area contributed by atoms with Gasteiger partial charge in [0.05, 0.1) is 11.4 Å². The Morgan fingerprint density at radius 2 is 1.92 bits per heavy atom. The lowest BCUT2D eigenvalue weighted by molar-refractivity contribution is 0.198. The van der Waals surface area contributed by atoms with Crippen LogP contribution in [0.2, 0.25) is 0 Å². The van der Waals surface area contributed by atoms with Gasteiger partial charge in [-0.1, -0.05) is 0 Å². The van der Waals surface area contributed by atoms with Crippen LogP contribution in [0.4, 0.5) is 0 Å². The van der Waals surface area contributed by atoms with Crippen molar-refractivity contribution in [3.63, 3.8) is 0 Å². The van der Waals surface area contributed by atoms with Crippen LogP contribution in [0.15, 0.2) is 24.4 Å². The summed E-state index contributed by atoms with van der Waals surface area (Å²) in [4.78, 5) is 11.1. The summed E-state index contributed by atoms with van der Waals surface area (Å²) in [5.41, 5.74) is 2.90. The van der Waals surface area contributed by atoms with E-state index < -0.39 is 0 Å². The van der Waals surface area contributed by atoms with Gasteiger partial charge < -0.3 is 0 Å². The van der Waals surface area contributed by atoms with Gasteiger partial charge in [-0.05, 0) is 58.0 Å². The second-order valence-electron chi connectivity index (χ2n) is 6.45. The lowest BCUT2D eigenvalue weighted by atomic mass is 9.96. The minimum atomic E-state index is 0.415. The van der Waals surface area contributed by atoms with Gasteiger partial charge in [0, 0.05) is 18.7 Å². The van der Waals surface area contributed by atoms with Crippen LogP contribution in [0.3, 0.4) is 0 Å². The van der Waals surface area contributed by atoms with Crippen LogP contribution in [0, 0.1) is 13.8 Å². The van der Waals surface area contributed by atoms with E-state index >= 15 is 0 Å². The monoisotopic (exact) mass is 323 g/mol. The Morgan fingerprint density at radius 3 is 2.71 bits per heavy atom. The number of nitrogens with zero attached hydrogens (tertiary/aromatic N) is 7. The number of aryl methyl sites for hydroxylation is 2. The molecule has 1 aliphatic heterocycles. The van der Waals surface area contributed by atoms with Crippen LogP contribution < -0.4 is 0 Å². The number of likely N-dealkylation sites (tertiary alicyclic amines) is 1. The molecule has 1 aliphatic rings. The number of aromatic nitrogens is 6. The third-order valence-corrected chi connectivity index (χ3v) is 4.59. The molecule has 1 saturated heterocycles. The summed E-state index contributed by atoms with van der Waals surface area (Å²) in [6, 6.07) is 5.95. The first-order valence-corrected chi connectivity index (χ1v) is 8.39. The Balaban J connectivity index is 1.44. The summed E-state index contributed by atoms with van der Waals surface area (Å²) < 4.78 is 1.91. The average molecular weight is 323 g/mol. The fraction of sp³-hybridized carbons (Fsp3) is 0.471. The summed E-state index contributed by atoms with van der Waals surface area (Å²) in [7, 11) is 0. The molecule has 0 spiro atoms. The molecule has 24 heavy (non-hydrogen) atoms. The predicted octanol–water partition coefficient (Wildman–Crippen LogP) is 1.91. The summed E-state index contributed by atoms with van der Waals surface area (Å²) in [6.07, 6.45) is 3.97. The highest BCUT2D eigenvalue weighted by Crippen LogP contribution is 2.27. The Hall–Kier alpha value is -2.41. The lowest BCUT2D eigenvalue weighted by Gasteiger charge is -2.30.